The number of hydrogen-bond donors (Lipinski definition) is 13. The molecule has 0 aromatic carbocycles. The first-order valence-electron chi connectivity index (χ1n) is 27.5. The van der Waals surface area contributed by atoms with Gasteiger partial charge in [-0.3, -0.25) is 38.4 Å². The van der Waals surface area contributed by atoms with Gasteiger partial charge in [-0.1, -0.05) is 109 Å². The summed E-state index contributed by atoms with van der Waals surface area (Å²) in [6.45, 7) is 21.0. The topological polar surface area (TPSA) is 308 Å². The first-order valence-corrected chi connectivity index (χ1v) is 31.9. The molecule has 30 heteroatoms. The number of likely N-dealkylation sites (N-methyl/N-ethyl adjacent to an activating group) is 1. The van der Waals surface area contributed by atoms with E-state index in [0.717, 1.165) is 17.5 Å². The third kappa shape index (κ3) is 24.6. The van der Waals surface area contributed by atoms with E-state index in [1.165, 1.54) is 25.5 Å². The molecule has 83 heavy (non-hydrogen) atoms. The molecule has 2 aliphatic rings. The quantitative estimate of drug-likeness (QED) is 0.0472. The van der Waals surface area contributed by atoms with Crippen LogP contribution in [0, 0.1) is 17.8 Å². The van der Waals surface area contributed by atoms with Crippen molar-refractivity contribution < 1.29 is 43.5 Å². The van der Waals surface area contributed by atoms with E-state index in [1.54, 1.807) is 62.6 Å². The van der Waals surface area contributed by atoms with Crippen LogP contribution >= 0.6 is 84.6 Å². The van der Waals surface area contributed by atoms with Gasteiger partial charge < -0.3 is 78.7 Å². The molecule has 0 spiro atoms. The highest BCUT2D eigenvalue weighted by Crippen LogP contribution is 2.20. The molecule has 0 saturated heterocycles. The number of thioether (sulfide) groups is 2. The summed E-state index contributed by atoms with van der Waals surface area (Å²) in [7, 11) is 3.51. The number of Topliss-reactive ketones (excluding diaryl/α,β-unsaturated/α-hetero) is 1. The van der Waals surface area contributed by atoms with E-state index in [9.17, 15) is 43.5 Å². The molecule has 0 bridgehead atoms. The monoisotopic (exact) mass is 1290 g/mol. The van der Waals surface area contributed by atoms with Crippen molar-refractivity contribution in [1.29, 1.82) is 0 Å². The lowest BCUT2D eigenvalue weighted by Gasteiger charge is -2.30. The van der Waals surface area contributed by atoms with Crippen LogP contribution in [0.5, 0.6) is 0 Å². The largest absolute Gasteiger partial charge is 0.384 e. The van der Waals surface area contributed by atoms with Gasteiger partial charge in [-0.15, -0.1) is 11.8 Å². The standard InChI is InChI=1S/C53H88N14O9S7/c1-16-27(6)39-48(76)55-28(7)42(70)60-35(21-25(2)3)45(73)65-40(41(69)37-22-66(13)24-67(37)14)47(75)54-18-20-83-23-36(46(74)64-39)61-43(71)29(8)56-49(77)30(9)57-50(78)31(10)58-51(79)32(11)59-52(80)34(17-19-82-15)62-53(81)38(26(4)5)63-44(72)33(12)68/h18,20,22,25-32,34-36,38-41,69H,16-17,19,21,23-24H2,1-15H3,(H,54,75)(H,55,76)(H,56,77)(H,57,78)(H,58,79)(H,59,80)(H,60,70)(H,61,71)(H,62,81)(H,63,72)(H,64,74)(H,65,73). The predicted octanol–water partition coefficient (Wildman–Crippen LogP) is 0.884. The van der Waals surface area contributed by atoms with Crippen molar-refractivity contribution in [2.24, 2.45) is 17.8 Å². The van der Waals surface area contributed by atoms with E-state index in [2.05, 4.69) is 63.8 Å². The van der Waals surface area contributed by atoms with Crippen LogP contribution in [0.3, 0.4) is 0 Å². The molecule has 23 nitrogen and oxygen atoms in total. The average molecular weight is 1290 g/mol. The molecule has 13 N–H and O–H groups in total. The van der Waals surface area contributed by atoms with Gasteiger partial charge in [-0.05, 0) is 82.6 Å². The molecule has 2 rings (SSSR count). The first kappa shape index (κ1) is 74.3. The fraction of sp³-hybridized carbons (Fsp3) is 0.679. The zero-order valence-electron chi connectivity index (χ0n) is 50.1. The SMILES string of the molecule is CCC(C)C1NC(=O)C(NC(=O)C(C)NC(=S)C(C)NC(=S)C(C)NC(=S)C(C)NC(=S)C(CCSC)NC(=S)C(NC(=O)C(C)=O)C(C)C)CSC=CNC(=O)C(C(O)C2=CN(C)CN2C)NC(=O)C(CC(C)C)NC(=O)C(C)NC1=O. The van der Waals surface area contributed by atoms with Crippen molar-refractivity contribution in [2.45, 2.75) is 175 Å². The lowest BCUT2D eigenvalue weighted by atomic mass is 9.97. The Morgan fingerprint density at radius 3 is 1.78 bits per heavy atom. The molecular formula is C53H88N14O9S7. The van der Waals surface area contributed by atoms with Crippen LogP contribution < -0.4 is 63.8 Å². The first-order chi connectivity index (χ1) is 38.7. The van der Waals surface area contributed by atoms with Crippen LogP contribution in [0.2, 0.25) is 0 Å². The molecule has 2 heterocycles. The van der Waals surface area contributed by atoms with Crippen LogP contribution in [-0.4, -0.2) is 198 Å². The Kier molecular flexibility index (Phi) is 32.4. The van der Waals surface area contributed by atoms with Crippen molar-refractivity contribution in [2.75, 3.05) is 38.5 Å². The van der Waals surface area contributed by atoms with Gasteiger partial charge in [0.05, 0.1) is 67.5 Å². The second kappa shape index (κ2) is 36.2. The maximum Gasteiger partial charge on any atom is 0.287 e. The fourth-order valence-corrected chi connectivity index (χ4v) is 10.8. The Balaban J connectivity index is 2.27. The van der Waals surface area contributed by atoms with E-state index in [-0.39, 0.29) is 29.0 Å². The van der Waals surface area contributed by atoms with Crippen molar-refractivity contribution in [1.82, 2.24) is 73.6 Å². The number of aliphatic hydroxyl groups excluding tert-OH is 1. The minimum atomic E-state index is -1.53. The summed E-state index contributed by atoms with van der Waals surface area (Å²) >= 11 is 31.4. The van der Waals surface area contributed by atoms with Crippen molar-refractivity contribution in [3.63, 3.8) is 0 Å². The lowest BCUT2D eigenvalue weighted by Crippen LogP contribution is -2.61. The normalized spacial score (nSPS) is 22.3. The highest BCUT2D eigenvalue weighted by Gasteiger charge is 2.38. The Hall–Kier alpha value is -4.85. The minimum Gasteiger partial charge on any atom is -0.384 e. The van der Waals surface area contributed by atoms with Gasteiger partial charge in [0.25, 0.3) is 5.91 Å². The van der Waals surface area contributed by atoms with Gasteiger partial charge in [0.2, 0.25) is 41.2 Å². The number of carbonyl (C=O) groups excluding carboxylic acids is 8. The molecule has 0 aromatic heterocycles. The summed E-state index contributed by atoms with van der Waals surface area (Å²) in [5.74, 6) is -5.58. The molecule has 0 saturated carbocycles. The number of ketones is 1. The molecule has 0 radical (unpaired) electrons. The van der Waals surface area contributed by atoms with Gasteiger partial charge in [-0.2, -0.15) is 11.8 Å². The maximum atomic E-state index is 14.2. The van der Waals surface area contributed by atoms with Gasteiger partial charge in [0.15, 0.2) is 0 Å². The van der Waals surface area contributed by atoms with Crippen LogP contribution in [0.15, 0.2) is 23.5 Å². The molecule has 13 atom stereocenters. The summed E-state index contributed by atoms with van der Waals surface area (Å²) in [6, 6.07) is -9.85. The van der Waals surface area contributed by atoms with Crippen molar-refractivity contribution >= 4 is 157 Å². The van der Waals surface area contributed by atoms with E-state index in [1.807, 2.05) is 54.7 Å². The highest BCUT2D eigenvalue weighted by molar-refractivity contribution is 8.02. The number of nitrogens with one attached hydrogen (secondary N) is 12. The summed E-state index contributed by atoms with van der Waals surface area (Å²) in [5, 5.41) is 47.9. The number of aliphatic hydroxyl groups is 1. The number of amides is 7. The number of rotatable bonds is 24. The molecule has 2 aliphatic heterocycles. The van der Waals surface area contributed by atoms with E-state index >= 15 is 0 Å². The maximum absolute atomic E-state index is 14.2. The summed E-state index contributed by atoms with van der Waals surface area (Å²) < 4.78 is 0. The van der Waals surface area contributed by atoms with Crippen LogP contribution in [-0.2, 0) is 38.4 Å². The third-order valence-corrected chi connectivity index (χ3v) is 17.1. The second-order valence-corrected chi connectivity index (χ2v) is 25.7. The molecule has 0 aromatic rings. The van der Waals surface area contributed by atoms with E-state index < -0.39 is 126 Å². The predicted molar refractivity (Wildman–Crippen MR) is 349 cm³/mol. The summed E-state index contributed by atoms with van der Waals surface area (Å²) in [5.41, 5.74) is 0.359. The fourth-order valence-electron chi connectivity index (χ4n) is 8.14. The molecule has 13 unspecified atom stereocenters. The van der Waals surface area contributed by atoms with Crippen LogP contribution in [0.1, 0.15) is 102 Å². The zero-order valence-corrected chi connectivity index (χ0v) is 55.8. The Morgan fingerprint density at radius 1 is 0.723 bits per heavy atom. The van der Waals surface area contributed by atoms with E-state index in [4.69, 9.17) is 61.1 Å². The van der Waals surface area contributed by atoms with Gasteiger partial charge in [0, 0.05) is 39.2 Å². The van der Waals surface area contributed by atoms with Crippen molar-refractivity contribution in [3.05, 3.63) is 23.5 Å². The zero-order chi connectivity index (χ0) is 63.2. The number of nitrogens with zero attached hydrogens (tertiary/aromatic N) is 2. The highest BCUT2D eigenvalue weighted by atomic mass is 32.2. The lowest BCUT2D eigenvalue weighted by molar-refractivity contribution is -0.137. The Labute approximate surface area is 525 Å². The summed E-state index contributed by atoms with van der Waals surface area (Å²) in [4.78, 5) is 113. The molecular weight excluding hydrogens is 1200 g/mol. The summed E-state index contributed by atoms with van der Waals surface area (Å²) in [6.07, 6.45) is 4.59. The molecule has 7 amide bonds. The number of thiocarbonyl (C=S) groups is 5. The van der Waals surface area contributed by atoms with E-state index in [0.29, 0.717) is 45.2 Å². The Morgan fingerprint density at radius 2 is 1.28 bits per heavy atom. The van der Waals surface area contributed by atoms with Crippen LogP contribution in [0.4, 0.5) is 0 Å². The van der Waals surface area contributed by atoms with Gasteiger partial charge in [0.1, 0.15) is 42.4 Å². The van der Waals surface area contributed by atoms with Crippen molar-refractivity contribution in [3.8, 4) is 0 Å². The van der Waals surface area contributed by atoms with Gasteiger partial charge >= 0.3 is 0 Å². The third-order valence-electron chi connectivity index (χ3n) is 13.4. The number of carbonyl (C=O) groups is 8. The Bertz CT molecular complexity index is 2440. The average Bonchev–Trinajstić information content (AvgIpc) is 3.78. The van der Waals surface area contributed by atoms with Crippen LogP contribution in [0.25, 0.3) is 0 Å². The molecule has 466 valence electrons. The number of hydrogen-bond acceptors (Lipinski definition) is 18. The smallest absolute Gasteiger partial charge is 0.287 e. The molecule has 0 fully saturated rings. The minimum absolute atomic E-state index is 0.0935. The molecule has 0 aliphatic carbocycles. The second-order valence-electron chi connectivity index (χ2n) is 21.6. The van der Waals surface area contributed by atoms with Gasteiger partial charge in [-0.25, -0.2) is 0 Å².